The molecule has 0 unspecified atom stereocenters. The number of aryl methyl sites for hydroxylation is 2. The second-order valence-electron chi connectivity index (χ2n) is 6.88. The van der Waals surface area contributed by atoms with Crippen molar-refractivity contribution in [3.8, 4) is 6.07 Å². The lowest BCUT2D eigenvalue weighted by Gasteiger charge is -2.30. The predicted molar refractivity (Wildman–Crippen MR) is 110 cm³/mol. The van der Waals surface area contributed by atoms with Crippen molar-refractivity contribution in [3.63, 3.8) is 0 Å². The first-order chi connectivity index (χ1) is 13.8. The molecule has 7 nitrogen and oxygen atoms in total. The van der Waals surface area contributed by atoms with Crippen molar-refractivity contribution in [2.24, 2.45) is 0 Å². The molecule has 0 aliphatic carbocycles. The van der Waals surface area contributed by atoms with Gasteiger partial charge in [0.15, 0.2) is 0 Å². The van der Waals surface area contributed by atoms with Crippen LogP contribution in [0.2, 0.25) is 0 Å². The number of benzene rings is 1. The van der Waals surface area contributed by atoms with Gasteiger partial charge in [-0.25, -0.2) is 13.4 Å². The lowest BCUT2D eigenvalue weighted by Crippen LogP contribution is -2.36. The second kappa shape index (κ2) is 8.31. The highest BCUT2D eigenvalue weighted by Gasteiger charge is 2.28. The smallest absolute Gasteiger partial charge is 0.276 e. The molecule has 2 heterocycles. The zero-order valence-corrected chi connectivity index (χ0v) is 17.7. The second-order valence-corrected chi connectivity index (χ2v) is 8.82. The molecule has 152 valence electrons. The number of hydrogen-bond donors (Lipinski definition) is 0. The van der Waals surface area contributed by atoms with Crippen molar-refractivity contribution in [3.05, 3.63) is 52.8 Å². The summed E-state index contributed by atoms with van der Waals surface area (Å²) >= 11 is 0. The van der Waals surface area contributed by atoms with E-state index < -0.39 is 10.0 Å². The Hall–Kier alpha value is -2.76. The number of aromatic nitrogens is 1. The maximum absolute atomic E-state index is 13.1. The number of carbonyl (C=O) groups is 1. The SMILES string of the molecule is CCN(CC)S(=O)(=O)c1ccc2c(c1)CCCN2C(=O)c1ccc(C#N)c(C)n1. The summed E-state index contributed by atoms with van der Waals surface area (Å²) < 4.78 is 27.1. The summed E-state index contributed by atoms with van der Waals surface area (Å²) in [6.45, 7) is 6.67. The minimum absolute atomic E-state index is 0.251. The first-order valence-corrected chi connectivity index (χ1v) is 11.1. The number of nitrogens with zero attached hydrogens (tertiary/aromatic N) is 4. The standard InChI is InChI=1S/C21H24N4O3S/c1-4-24(5-2)29(27,28)18-9-11-20-16(13-18)7-6-12-25(20)21(26)19-10-8-17(14-22)15(3)23-19/h8-11,13H,4-7,12H2,1-3H3. The molecule has 0 bridgehead atoms. The van der Waals surface area contributed by atoms with Crippen LogP contribution < -0.4 is 4.90 Å². The van der Waals surface area contributed by atoms with Gasteiger partial charge in [0.25, 0.3) is 5.91 Å². The molecule has 1 aromatic carbocycles. The summed E-state index contributed by atoms with van der Waals surface area (Å²) in [4.78, 5) is 19.2. The Morgan fingerprint density at radius 3 is 2.59 bits per heavy atom. The molecule has 0 atom stereocenters. The van der Waals surface area contributed by atoms with E-state index in [1.165, 1.54) is 4.31 Å². The maximum atomic E-state index is 13.1. The van der Waals surface area contributed by atoms with E-state index in [9.17, 15) is 13.2 Å². The molecule has 0 saturated heterocycles. The average Bonchev–Trinajstić information content (AvgIpc) is 2.73. The van der Waals surface area contributed by atoms with Gasteiger partial charge < -0.3 is 4.90 Å². The van der Waals surface area contributed by atoms with Crippen LogP contribution in [0.1, 0.15) is 47.6 Å². The van der Waals surface area contributed by atoms with Crippen LogP contribution in [-0.4, -0.2) is 43.2 Å². The molecule has 0 radical (unpaired) electrons. The third-order valence-electron chi connectivity index (χ3n) is 5.18. The van der Waals surface area contributed by atoms with Crippen LogP contribution in [0.5, 0.6) is 0 Å². The number of amides is 1. The summed E-state index contributed by atoms with van der Waals surface area (Å²) in [6.07, 6.45) is 1.45. The van der Waals surface area contributed by atoms with Crippen molar-refractivity contribution < 1.29 is 13.2 Å². The fourth-order valence-corrected chi connectivity index (χ4v) is 5.10. The van der Waals surface area contributed by atoms with Crippen LogP contribution in [0.25, 0.3) is 0 Å². The van der Waals surface area contributed by atoms with Crippen molar-refractivity contribution in [1.29, 1.82) is 5.26 Å². The molecule has 2 aromatic rings. The lowest BCUT2D eigenvalue weighted by atomic mass is 10.0. The van der Waals surface area contributed by atoms with Gasteiger partial charge >= 0.3 is 0 Å². The molecule has 3 rings (SSSR count). The van der Waals surface area contributed by atoms with Gasteiger partial charge in [-0.15, -0.1) is 0 Å². The van der Waals surface area contributed by atoms with Crippen LogP contribution >= 0.6 is 0 Å². The van der Waals surface area contributed by atoms with E-state index in [1.807, 2.05) is 19.9 Å². The van der Waals surface area contributed by atoms with Crippen LogP contribution in [0, 0.1) is 18.3 Å². The number of anilines is 1. The molecule has 0 saturated carbocycles. The van der Waals surface area contributed by atoms with Gasteiger partial charge in [0, 0.05) is 25.3 Å². The molecule has 1 aliphatic rings. The van der Waals surface area contributed by atoms with Gasteiger partial charge in [-0.3, -0.25) is 4.79 Å². The molecule has 1 aliphatic heterocycles. The van der Waals surface area contributed by atoms with Gasteiger partial charge in [-0.1, -0.05) is 13.8 Å². The van der Waals surface area contributed by atoms with E-state index in [-0.39, 0.29) is 16.5 Å². The van der Waals surface area contributed by atoms with E-state index >= 15 is 0 Å². The highest BCUT2D eigenvalue weighted by Crippen LogP contribution is 2.31. The minimum Gasteiger partial charge on any atom is -0.307 e. The molecule has 0 fully saturated rings. The van der Waals surface area contributed by atoms with Crippen LogP contribution in [0.3, 0.4) is 0 Å². The number of fused-ring (bicyclic) bond motifs is 1. The van der Waals surface area contributed by atoms with Crippen molar-refractivity contribution in [1.82, 2.24) is 9.29 Å². The van der Waals surface area contributed by atoms with Gasteiger partial charge in [-0.05, 0) is 55.7 Å². The zero-order valence-electron chi connectivity index (χ0n) is 16.8. The van der Waals surface area contributed by atoms with Crippen molar-refractivity contribution in [2.45, 2.75) is 38.5 Å². The normalized spacial score (nSPS) is 13.8. The predicted octanol–water partition coefficient (Wildman–Crippen LogP) is 2.89. The van der Waals surface area contributed by atoms with Crippen molar-refractivity contribution >= 4 is 21.6 Å². The zero-order chi connectivity index (χ0) is 21.2. The lowest BCUT2D eigenvalue weighted by molar-refractivity contribution is 0.0980. The van der Waals surface area contributed by atoms with E-state index in [0.717, 1.165) is 12.0 Å². The maximum Gasteiger partial charge on any atom is 0.276 e. The number of nitriles is 1. The molecular formula is C21H24N4O3S. The van der Waals surface area contributed by atoms with E-state index in [4.69, 9.17) is 5.26 Å². The molecule has 1 amide bonds. The molecule has 0 N–H and O–H groups in total. The highest BCUT2D eigenvalue weighted by atomic mass is 32.2. The number of hydrogen-bond acceptors (Lipinski definition) is 5. The van der Waals surface area contributed by atoms with Crippen molar-refractivity contribution in [2.75, 3.05) is 24.5 Å². The number of pyridine rings is 1. The number of rotatable bonds is 5. The van der Waals surface area contributed by atoms with Gasteiger partial charge in [0.1, 0.15) is 11.8 Å². The minimum atomic E-state index is -3.55. The fraction of sp³-hybridized carbons (Fsp3) is 0.381. The topological polar surface area (TPSA) is 94.4 Å². The number of sulfonamides is 1. The Morgan fingerprint density at radius 2 is 1.97 bits per heavy atom. The third kappa shape index (κ3) is 3.88. The number of carbonyl (C=O) groups excluding carboxylic acids is 1. The van der Waals surface area contributed by atoms with E-state index in [1.54, 1.807) is 42.2 Å². The Bertz CT molecular complexity index is 1090. The Labute approximate surface area is 171 Å². The Kier molecular flexibility index (Phi) is 6.01. The van der Waals surface area contributed by atoms with E-state index in [2.05, 4.69) is 4.98 Å². The summed E-state index contributed by atoms with van der Waals surface area (Å²) in [6, 6.07) is 10.2. The average molecular weight is 413 g/mol. The van der Waals surface area contributed by atoms with E-state index in [0.29, 0.717) is 43.0 Å². The third-order valence-corrected chi connectivity index (χ3v) is 7.23. The quantitative estimate of drug-likeness (QED) is 0.753. The highest BCUT2D eigenvalue weighted by molar-refractivity contribution is 7.89. The molecular weight excluding hydrogens is 388 g/mol. The van der Waals surface area contributed by atoms with Crippen LogP contribution in [0.15, 0.2) is 35.2 Å². The molecule has 1 aromatic heterocycles. The summed E-state index contributed by atoms with van der Waals surface area (Å²) in [5.74, 6) is -0.252. The molecule has 0 spiro atoms. The molecule has 29 heavy (non-hydrogen) atoms. The van der Waals surface area contributed by atoms with Gasteiger partial charge in [-0.2, -0.15) is 9.57 Å². The van der Waals surface area contributed by atoms with Crippen LogP contribution in [0.4, 0.5) is 5.69 Å². The summed E-state index contributed by atoms with van der Waals surface area (Å²) in [5, 5.41) is 9.06. The summed E-state index contributed by atoms with van der Waals surface area (Å²) in [7, 11) is -3.55. The van der Waals surface area contributed by atoms with Crippen LogP contribution in [-0.2, 0) is 16.4 Å². The van der Waals surface area contributed by atoms with Gasteiger partial charge in [0.2, 0.25) is 10.0 Å². The summed E-state index contributed by atoms with van der Waals surface area (Å²) in [5.41, 5.74) is 2.77. The monoisotopic (exact) mass is 412 g/mol. The van der Waals surface area contributed by atoms with Gasteiger partial charge in [0.05, 0.1) is 16.2 Å². The Morgan fingerprint density at radius 1 is 1.24 bits per heavy atom. The largest absolute Gasteiger partial charge is 0.307 e. The molecule has 8 heteroatoms. The fourth-order valence-electron chi connectivity index (χ4n) is 3.59. The Balaban J connectivity index is 1.97. The first-order valence-electron chi connectivity index (χ1n) is 9.66. The first kappa shape index (κ1) is 21.0.